The molecule has 2 rings (SSSR count). The van der Waals surface area contributed by atoms with Gasteiger partial charge in [-0.25, -0.2) is 0 Å². The van der Waals surface area contributed by atoms with Crippen molar-refractivity contribution in [3.8, 4) is 23.0 Å². The van der Waals surface area contributed by atoms with E-state index >= 15 is 0 Å². The largest absolute Gasteiger partial charge is 0.504 e. The third-order valence-electron chi connectivity index (χ3n) is 4.32. The molecule has 0 fully saturated rings. The topological polar surface area (TPSA) is 108 Å². The van der Waals surface area contributed by atoms with Crippen molar-refractivity contribution >= 4 is 5.78 Å². The van der Waals surface area contributed by atoms with Gasteiger partial charge in [0.2, 0.25) is 6.54 Å². The molecule has 29 heavy (non-hydrogen) atoms. The second-order valence-corrected chi connectivity index (χ2v) is 6.24. The Morgan fingerprint density at radius 3 is 2.52 bits per heavy atom. The van der Waals surface area contributed by atoms with Crippen molar-refractivity contribution in [2.75, 3.05) is 27.4 Å². The number of nitro groups is 1. The first-order chi connectivity index (χ1) is 13.9. The Morgan fingerprint density at radius 2 is 1.90 bits per heavy atom. The van der Waals surface area contributed by atoms with Gasteiger partial charge in [0.25, 0.3) is 0 Å². The van der Waals surface area contributed by atoms with E-state index in [1.54, 1.807) is 24.3 Å². The SMILES string of the molecule is C=CCOc1ccc(C(CC(=O)c2ccc(O)c(OC)c2)C[N+](=O)[O-])cc1OC. The average Bonchev–Trinajstić information content (AvgIpc) is 2.71. The molecule has 0 bridgehead atoms. The summed E-state index contributed by atoms with van der Waals surface area (Å²) in [7, 11) is 2.84. The van der Waals surface area contributed by atoms with Gasteiger partial charge in [0.05, 0.1) is 20.1 Å². The smallest absolute Gasteiger partial charge is 0.211 e. The van der Waals surface area contributed by atoms with Crippen LogP contribution in [0.3, 0.4) is 0 Å². The Labute approximate surface area is 168 Å². The lowest BCUT2D eigenvalue weighted by atomic mass is 9.91. The highest BCUT2D eigenvalue weighted by atomic mass is 16.6. The zero-order valence-electron chi connectivity index (χ0n) is 16.3. The average molecular weight is 401 g/mol. The number of carbonyl (C=O) groups is 1. The van der Waals surface area contributed by atoms with Crippen molar-refractivity contribution in [2.24, 2.45) is 0 Å². The van der Waals surface area contributed by atoms with Crippen LogP contribution in [-0.2, 0) is 0 Å². The maximum absolute atomic E-state index is 12.7. The van der Waals surface area contributed by atoms with Crippen molar-refractivity contribution in [3.05, 3.63) is 70.3 Å². The number of ketones is 1. The summed E-state index contributed by atoms with van der Waals surface area (Å²) in [5.41, 5.74) is 0.884. The molecule has 0 aromatic heterocycles. The number of hydrogen-bond acceptors (Lipinski definition) is 7. The van der Waals surface area contributed by atoms with Gasteiger partial charge in [0.15, 0.2) is 28.8 Å². The van der Waals surface area contributed by atoms with E-state index in [0.717, 1.165) is 0 Å². The highest BCUT2D eigenvalue weighted by Gasteiger charge is 2.24. The quantitative estimate of drug-likeness (QED) is 0.265. The maximum atomic E-state index is 12.7. The predicted octanol–water partition coefficient (Wildman–Crippen LogP) is 3.61. The van der Waals surface area contributed by atoms with Crippen molar-refractivity contribution in [2.45, 2.75) is 12.3 Å². The van der Waals surface area contributed by atoms with E-state index < -0.39 is 17.4 Å². The molecule has 0 amide bonds. The molecular weight excluding hydrogens is 378 g/mol. The van der Waals surface area contributed by atoms with Gasteiger partial charge in [-0.3, -0.25) is 14.9 Å². The molecule has 2 aromatic carbocycles. The number of methoxy groups -OCH3 is 2. The van der Waals surface area contributed by atoms with Crippen molar-refractivity contribution in [1.29, 1.82) is 0 Å². The Balaban J connectivity index is 2.30. The summed E-state index contributed by atoms with van der Waals surface area (Å²) in [6.07, 6.45) is 1.50. The summed E-state index contributed by atoms with van der Waals surface area (Å²) in [6, 6.07) is 9.18. The van der Waals surface area contributed by atoms with Crippen molar-refractivity contribution < 1.29 is 29.0 Å². The van der Waals surface area contributed by atoms with Crippen LogP contribution in [-0.4, -0.2) is 43.2 Å². The van der Waals surface area contributed by atoms with Gasteiger partial charge in [-0.15, -0.1) is 0 Å². The first-order valence-electron chi connectivity index (χ1n) is 8.83. The number of Topliss-reactive ketones (excluding diaryl/α,β-unsaturated/α-hetero) is 1. The number of nitrogens with zero attached hydrogens (tertiary/aromatic N) is 1. The van der Waals surface area contributed by atoms with Crippen LogP contribution in [0.15, 0.2) is 49.1 Å². The number of phenols is 1. The second-order valence-electron chi connectivity index (χ2n) is 6.24. The van der Waals surface area contributed by atoms with Crippen molar-refractivity contribution in [3.63, 3.8) is 0 Å². The first-order valence-corrected chi connectivity index (χ1v) is 8.83. The van der Waals surface area contributed by atoms with Gasteiger partial charge >= 0.3 is 0 Å². The standard InChI is InChI=1S/C21H23NO7/c1-4-9-29-19-8-6-14(11-21(19)28-3)16(13-22(25)26)10-18(24)15-5-7-17(23)20(12-15)27-2/h4-8,11-12,16,23H,1,9-10,13H2,2-3H3. The Kier molecular flexibility index (Phi) is 7.59. The highest BCUT2D eigenvalue weighted by Crippen LogP contribution is 2.33. The van der Waals surface area contributed by atoms with Crippen LogP contribution in [0.2, 0.25) is 0 Å². The third-order valence-corrected chi connectivity index (χ3v) is 4.32. The summed E-state index contributed by atoms with van der Waals surface area (Å²) in [6.45, 7) is 3.45. The maximum Gasteiger partial charge on any atom is 0.211 e. The van der Waals surface area contributed by atoms with Gasteiger partial charge in [-0.2, -0.15) is 0 Å². The lowest BCUT2D eigenvalue weighted by molar-refractivity contribution is -0.483. The van der Waals surface area contributed by atoms with E-state index in [1.807, 2.05) is 0 Å². The number of hydrogen-bond donors (Lipinski definition) is 1. The molecule has 154 valence electrons. The van der Waals surface area contributed by atoms with Crippen LogP contribution >= 0.6 is 0 Å². The molecule has 1 N–H and O–H groups in total. The minimum atomic E-state index is -0.667. The fourth-order valence-corrected chi connectivity index (χ4v) is 2.87. The molecule has 0 saturated carbocycles. The summed E-state index contributed by atoms with van der Waals surface area (Å²) in [4.78, 5) is 23.5. The molecule has 0 aliphatic rings. The van der Waals surface area contributed by atoms with Crippen LogP contribution in [0.4, 0.5) is 0 Å². The van der Waals surface area contributed by atoms with E-state index in [0.29, 0.717) is 22.6 Å². The number of rotatable bonds is 11. The summed E-state index contributed by atoms with van der Waals surface area (Å²) in [5, 5.41) is 20.9. The molecule has 0 spiro atoms. The fraction of sp³-hybridized carbons (Fsp3) is 0.286. The Hall–Kier alpha value is -3.55. The fourth-order valence-electron chi connectivity index (χ4n) is 2.87. The Bertz CT molecular complexity index is 895. The third kappa shape index (κ3) is 5.71. The molecule has 0 saturated heterocycles. The van der Waals surface area contributed by atoms with Gasteiger partial charge in [0, 0.05) is 16.9 Å². The number of benzene rings is 2. The van der Waals surface area contributed by atoms with E-state index in [1.165, 1.54) is 32.4 Å². The van der Waals surface area contributed by atoms with Gasteiger partial charge in [-0.05, 0) is 35.9 Å². The summed E-state index contributed by atoms with van der Waals surface area (Å²) in [5.74, 6) is -0.0133. The number of phenolic OH excluding ortho intramolecular Hbond substituents is 1. The molecule has 2 aromatic rings. The second kappa shape index (κ2) is 10.1. The van der Waals surface area contributed by atoms with Crippen LogP contribution < -0.4 is 14.2 Å². The molecule has 0 aliphatic heterocycles. The van der Waals surface area contributed by atoms with E-state index in [4.69, 9.17) is 14.2 Å². The monoisotopic (exact) mass is 401 g/mol. The van der Waals surface area contributed by atoms with E-state index in [2.05, 4.69) is 6.58 Å². The molecule has 8 nitrogen and oxygen atoms in total. The first kappa shape index (κ1) is 21.7. The molecule has 1 atom stereocenters. The van der Waals surface area contributed by atoms with Crippen LogP contribution in [0.25, 0.3) is 0 Å². The lowest BCUT2D eigenvalue weighted by Crippen LogP contribution is -2.17. The summed E-state index contributed by atoms with van der Waals surface area (Å²) >= 11 is 0. The molecule has 0 heterocycles. The van der Waals surface area contributed by atoms with Gasteiger partial charge in [0.1, 0.15) is 6.61 Å². The molecular formula is C21H23NO7. The lowest BCUT2D eigenvalue weighted by Gasteiger charge is -2.16. The Morgan fingerprint density at radius 1 is 1.17 bits per heavy atom. The van der Waals surface area contributed by atoms with Gasteiger partial charge < -0.3 is 19.3 Å². The summed E-state index contributed by atoms with van der Waals surface area (Å²) < 4.78 is 15.8. The number of ether oxygens (including phenoxy) is 3. The number of carbonyl (C=O) groups excluding carboxylic acids is 1. The zero-order chi connectivity index (χ0) is 21.4. The molecule has 0 aliphatic carbocycles. The van der Waals surface area contributed by atoms with Crippen LogP contribution in [0, 0.1) is 10.1 Å². The van der Waals surface area contributed by atoms with E-state index in [9.17, 15) is 20.0 Å². The van der Waals surface area contributed by atoms with Crippen LogP contribution in [0.5, 0.6) is 23.0 Å². The van der Waals surface area contributed by atoms with Crippen molar-refractivity contribution in [1.82, 2.24) is 0 Å². The number of aromatic hydroxyl groups is 1. The molecule has 8 heteroatoms. The zero-order valence-corrected chi connectivity index (χ0v) is 16.3. The highest BCUT2D eigenvalue weighted by molar-refractivity contribution is 5.97. The minimum Gasteiger partial charge on any atom is -0.504 e. The normalized spacial score (nSPS) is 11.4. The van der Waals surface area contributed by atoms with Crippen LogP contribution in [0.1, 0.15) is 28.3 Å². The molecule has 1 unspecified atom stereocenters. The predicted molar refractivity (Wildman–Crippen MR) is 107 cm³/mol. The van der Waals surface area contributed by atoms with Gasteiger partial charge in [-0.1, -0.05) is 18.7 Å². The molecule has 0 radical (unpaired) electrons. The van der Waals surface area contributed by atoms with E-state index in [-0.39, 0.29) is 30.3 Å². The minimum absolute atomic E-state index is 0.0919.